The van der Waals surface area contributed by atoms with Crippen LogP contribution in [0.5, 0.6) is 0 Å². The maximum Gasteiger partial charge on any atom is 0.122 e. The number of hydrogen-bond acceptors (Lipinski definition) is 4. The minimum Gasteiger partial charge on any atom is -0.381 e. The van der Waals surface area contributed by atoms with Gasteiger partial charge in [0.25, 0.3) is 0 Å². The molecule has 0 aliphatic carbocycles. The average molecular weight is 289 g/mol. The van der Waals surface area contributed by atoms with E-state index in [-0.39, 0.29) is 0 Å². The Morgan fingerprint density at radius 3 is 3.05 bits per heavy atom. The van der Waals surface area contributed by atoms with E-state index < -0.39 is 0 Å². The van der Waals surface area contributed by atoms with Crippen LogP contribution in [0.1, 0.15) is 18.3 Å². The molecule has 0 fully saturated rings. The normalized spacial score (nSPS) is 19.4. The lowest BCUT2D eigenvalue weighted by Crippen LogP contribution is -2.30. The number of rotatable bonds is 5. The molecule has 0 N–H and O–H groups in total. The zero-order chi connectivity index (χ0) is 14.7. The first-order valence-corrected chi connectivity index (χ1v) is 7.52. The molecule has 0 spiro atoms. The van der Waals surface area contributed by atoms with Gasteiger partial charge in [-0.15, -0.1) is 0 Å². The Kier molecular flexibility index (Phi) is 4.36. The first-order valence-electron chi connectivity index (χ1n) is 7.52. The number of imidazole rings is 1. The third-order valence-electron chi connectivity index (χ3n) is 3.86. The summed E-state index contributed by atoms with van der Waals surface area (Å²) in [5.74, 6) is 1.63. The van der Waals surface area contributed by atoms with E-state index in [1.54, 1.807) is 0 Å². The van der Waals surface area contributed by atoms with Crippen molar-refractivity contribution >= 4 is 0 Å². The fraction of sp³-hybridized carbons (Fsp3) is 0.600. The molecule has 2 aromatic rings. The van der Waals surface area contributed by atoms with Crippen molar-refractivity contribution in [1.29, 1.82) is 0 Å². The Balaban J connectivity index is 1.73. The molecule has 21 heavy (non-hydrogen) atoms. The number of aryl methyl sites for hydroxylation is 1. The van der Waals surface area contributed by atoms with Gasteiger partial charge in [0.1, 0.15) is 5.82 Å². The monoisotopic (exact) mass is 289 g/mol. The third kappa shape index (κ3) is 3.51. The molecule has 114 valence electrons. The lowest BCUT2D eigenvalue weighted by molar-refractivity contribution is 0.0851. The van der Waals surface area contributed by atoms with Crippen molar-refractivity contribution in [3.63, 3.8) is 0 Å². The van der Waals surface area contributed by atoms with E-state index in [2.05, 4.69) is 31.9 Å². The molecule has 1 atom stereocenters. The summed E-state index contributed by atoms with van der Waals surface area (Å²) in [6.45, 7) is 7.42. The van der Waals surface area contributed by atoms with Crippen molar-refractivity contribution in [3.05, 3.63) is 36.2 Å². The van der Waals surface area contributed by atoms with Gasteiger partial charge in [0.2, 0.25) is 0 Å². The highest BCUT2D eigenvalue weighted by molar-refractivity contribution is 5.04. The van der Waals surface area contributed by atoms with Crippen LogP contribution in [0.15, 0.2) is 24.8 Å². The molecule has 6 nitrogen and oxygen atoms in total. The maximum absolute atomic E-state index is 5.65. The average Bonchev–Trinajstić information content (AvgIpc) is 3.02. The lowest BCUT2D eigenvalue weighted by atomic mass is 10.1. The van der Waals surface area contributed by atoms with Gasteiger partial charge in [-0.2, -0.15) is 5.10 Å². The SMILES string of the molecule is CCOC[C@@H]1CN(Cc2cnn(C)c2)Cc2nccn2C1. The molecule has 0 unspecified atom stereocenters. The molecule has 2 aromatic heterocycles. The van der Waals surface area contributed by atoms with E-state index in [0.29, 0.717) is 5.92 Å². The van der Waals surface area contributed by atoms with Gasteiger partial charge in [-0.3, -0.25) is 9.58 Å². The Bertz CT molecular complexity index is 576. The highest BCUT2D eigenvalue weighted by Crippen LogP contribution is 2.18. The fourth-order valence-electron chi connectivity index (χ4n) is 2.95. The lowest BCUT2D eigenvalue weighted by Gasteiger charge is -2.23. The largest absolute Gasteiger partial charge is 0.381 e. The van der Waals surface area contributed by atoms with Crippen molar-refractivity contribution in [1.82, 2.24) is 24.2 Å². The second-order valence-corrected chi connectivity index (χ2v) is 5.71. The summed E-state index contributed by atoms with van der Waals surface area (Å²) >= 11 is 0. The van der Waals surface area contributed by atoms with Crippen LogP contribution in [-0.4, -0.2) is 44.0 Å². The standard InChI is InChI=1S/C15H23N5O/c1-3-21-12-14-9-19(8-13-6-17-18(2)7-13)11-15-16-4-5-20(15)10-14/h4-7,14H,3,8-12H2,1-2H3/t14-/m1/s1. The second kappa shape index (κ2) is 6.41. The van der Waals surface area contributed by atoms with Crippen LogP contribution in [0.3, 0.4) is 0 Å². The molecule has 0 amide bonds. The van der Waals surface area contributed by atoms with Gasteiger partial charge < -0.3 is 9.30 Å². The molecule has 0 bridgehead atoms. The van der Waals surface area contributed by atoms with Crippen LogP contribution in [0, 0.1) is 5.92 Å². The first-order chi connectivity index (χ1) is 10.2. The van der Waals surface area contributed by atoms with Gasteiger partial charge in [0.05, 0.1) is 19.3 Å². The number of ether oxygens (including phenoxy) is 1. The Hall–Kier alpha value is -1.66. The molecule has 1 aliphatic rings. The summed E-state index contributed by atoms with van der Waals surface area (Å²) in [5.41, 5.74) is 1.24. The van der Waals surface area contributed by atoms with Gasteiger partial charge in [0, 0.05) is 63.4 Å². The molecule has 0 saturated heterocycles. The van der Waals surface area contributed by atoms with Gasteiger partial charge >= 0.3 is 0 Å². The van der Waals surface area contributed by atoms with Gasteiger partial charge in [0.15, 0.2) is 0 Å². The summed E-state index contributed by atoms with van der Waals surface area (Å²) in [5, 5.41) is 4.25. The van der Waals surface area contributed by atoms with E-state index in [0.717, 1.165) is 45.2 Å². The summed E-state index contributed by atoms with van der Waals surface area (Å²) in [4.78, 5) is 6.93. The summed E-state index contributed by atoms with van der Waals surface area (Å²) in [6.07, 6.45) is 7.98. The molecular weight excluding hydrogens is 266 g/mol. The van der Waals surface area contributed by atoms with Crippen LogP contribution in [0.25, 0.3) is 0 Å². The topological polar surface area (TPSA) is 48.1 Å². The second-order valence-electron chi connectivity index (χ2n) is 5.71. The molecule has 3 heterocycles. The Morgan fingerprint density at radius 2 is 2.29 bits per heavy atom. The smallest absolute Gasteiger partial charge is 0.122 e. The highest BCUT2D eigenvalue weighted by atomic mass is 16.5. The van der Waals surface area contributed by atoms with E-state index in [1.807, 2.05) is 31.0 Å². The van der Waals surface area contributed by atoms with Crippen LogP contribution < -0.4 is 0 Å². The van der Waals surface area contributed by atoms with E-state index >= 15 is 0 Å². The predicted octanol–water partition coefficient (Wildman–Crippen LogP) is 1.29. The Morgan fingerprint density at radius 1 is 1.38 bits per heavy atom. The van der Waals surface area contributed by atoms with Gasteiger partial charge in [-0.25, -0.2) is 4.98 Å². The third-order valence-corrected chi connectivity index (χ3v) is 3.86. The zero-order valence-corrected chi connectivity index (χ0v) is 12.8. The van der Waals surface area contributed by atoms with Crippen molar-refractivity contribution < 1.29 is 4.74 Å². The van der Waals surface area contributed by atoms with E-state index in [9.17, 15) is 0 Å². The predicted molar refractivity (Wildman–Crippen MR) is 79.5 cm³/mol. The van der Waals surface area contributed by atoms with Crippen LogP contribution in [-0.2, 0) is 31.4 Å². The van der Waals surface area contributed by atoms with Crippen molar-refractivity contribution in [3.8, 4) is 0 Å². The molecule has 6 heteroatoms. The van der Waals surface area contributed by atoms with Gasteiger partial charge in [-0.1, -0.05) is 0 Å². The minimum absolute atomic E-state index is 0.497. The summed E-state index contributed by atoms with van der Waals surface area (Å²) < 4.78 is 9.76. The first kappa shape index (κ1) is 14.3. The number of fused-ring (bicyclic) bond motifs is 1. The quantitative estimate of drug-likeness (QED) is 0.832. The number of aromatic nitrogens is 4. The molecule has 3 rings (SSSR count). The van der Waals surface area contributed by atoms with Crippen molar-refractivity contribution in [2.75, 3.05) is 19.8 Å². The molecule has 0 saturated carbocycles. The molecular formula is C15H23N5O. The van der Waals surface area contributed by atoms with E-state index in [4.69, 9.17) is 4.74 Å². The zero-order valence-electron chi connectivity index (χ0n) is 12.8. The van der Waals surface area contributed by atoms with Crippen LogP contribution in [0.4, 0.5) is 0 Å². The van der Waals surface area contributed by atoms with Crippen LogP contribution in [0.2, 0.25) is 0 Å². The van der Waals surface area contributed by atoms with Crippen molar-refractivity contribution in [2.45, 2.75) is 26.6 Å². The number of hydrogen-bond donors (Lipinski definition) is 0. The minimum atomic E-state index is 0.497. The maximum atomic E-state index is 5.65. The molecule has 0 radical (unpaired) electrons. The summed E-state index contributed by atoms with van der Waals surface area (Å²) in [6, 6.07) is 0. The number of nitrogens with zero attached hydrogens (tertiary/aromatic N) is 5. The fourth-order valence-corrected chi connectivity index (χ4v) is 2.95. The van der Waals surface area contributed by atoms with Crippen LogP contribution >= 0.6 is 0 Å². The van der Waals surface area contributed by atoms with Crippen molar-refractivity contribution in [2.24, 2.45) is 13.0 Å². The Labute approximate surface area is 125 Å². The summed E-state index contributed by atoms with van der Waals surface area (Å²) in [7, 11) is 1.95. The highest BCUT2D eigenvalue weighted by Gasteiger charge is 2.22. The van der Waals surface area contributed by atoms with Gasteiger partial charge in [-0.05, 0) is 6.92 Å². The van der Waals surface area contributed by atoms with E-state index in [1.165, 1.54) is 5.56 Å². The molecule has 0 aromatic carbocycles. The molecule has 1 aliphatic heterocycles.